The van der Waals surface area contributed by atoms with Crippen LogP contribution in [-0.4, -0.2) is 36.4 Å². The Labute approximate surface area is 142 Å². The fraction of sp³-hybridized carbons (Fsp3) is 0.889. The molecule has 0 aromatic carbocycles. The quantitative estimate of drug-likeness (QED) is 0.537. The minimum atomic E-state index is -0.473. The second kappa shape index (κ2) is 10.0. The molecule has 0 fully saturated rings. The molecule has 0 radical (unpaired) electrons. The maximum absolute atomic E-state index is 12.6. The van der Waals surface area contributed by atoms with Gasteiger partial charge in [0.25, 0.3) is 0 Å². The van der Waals surface area contributed by atoms with Crippen molar-refractivity contribution in [1.82, 2.24) is 10.6 Å². The van der Waals surface area contributed by atoms with Gasteiger partial charge in [-0.05, 0) is 31.7 Å². The fourth-order valence-electron chi connectivity index (χ4n) is 2.48. The van der Waals surface area contributed by atoms with Gasteiger partial charge >= 0.3 is 0 Å². The van der Waals surface area contributed by atoms with E-state index in [4.69, 9.17) is 5.73 Å². The Morgan fingerprint density at radius 2 is 1.61 bits per heavy atom. The van der Waals surface area contributed by atoms with E-state index in [9.17, 15) is 9.59 Å². The summed E-state index contributed by atoms with van der Waals surface area (Å²) < 4.78 is 0. The van der Waals surface area contributed by atoms with E-state index in [-0.39, 0.29) is 29.7 Å². The first-order chi connectivity index (χ1) is 10.5. The van der Waals surface area contributed by atoms with E-state index < -0.39 is 11.5 Å². The molecule has 2 atom stereocenters. The summed E-state index contributed by atoms with van der Waals surface area (Å²) in [7, 11) is 0. The number of nitrogens with two attached hydrogens (primary N) is 1. The van der Waals surface area contributed by atoms with Gasteiger partial charge in [0, 0.05) is 11.5 Å². The average molecular weight is 328 g/mol. The molecule has 0 rings (SSSR count). The normalized spacial score (nSPS) is 14.9. The van der Waals surface area contributed by atoms with Gasteiger partial charge in [-0.1, -0.05) is 48.5 Å². The molecule has 4 N–H and O–H groups in total. The van der Waals surface area contributed by atoms with Gasteiger partial charge in [-0.3, -0.25) is 9.59 Å². The lowest BCUT2D eigenvalue weighted by atomic mass is 9.84. The average Bonchev–Trinajstić information content (AvgIpc) is 2.41. The summed E-state index contributed by atoms with van der Waals surface area (Å²) >= 11 is 0. The highest BCUT2D eigenvalue weighted by Crippen LogP contribution is 2.20. The third-order valence-electron chi connectivity index (χ3n) is 3.78. The van der Waals surface area contributed by atoms with Crippen LogP contribution in [0.3, 0.4) is 0 Å². The number of Topliss-reactive ketones (excluding diaryl/α,β-unsaturated/α-hetero) is 1. The van der Waals surface area contributed by atoms with Gasteiger partial charge in [-0.15, -0.1) is 0 Å². The lowest BCUT2D eigenvalue weighted by Gasteiger charge is -2.29. The highest BCUT2D eigenvalue weighted by Gasteiger charge is 2.32. The molecule has 0 saturated heterocycles. The predicted octanol–water partition coefficient (Wildman–Crippen LogP) is 2.24. The second-order valence-corrected chi connectivity index (χ2v) is 8.00. The van der Waals surface area contributed by atoms with Crippen LogP contribution in [0.15, 0.2) is 0 Å². The van der Waals surface area contributed by atoms with Gasteiger partial charge in [0.05, 0.1) is 12.1 Å². The molecular weight excluding hydrogens is 290 g/mol. The zero-order valence-electron chi connectivity index (χ0n) is 16.0. The third kappa shape index (κ3) is 8.47. The number of rotatable bonds is 10. The Kier molecular flexibility index (Phi) is 9.63. The second-order valence-electron chi connectivity index (χ2n) is 8.00. The molecule has 0 aromatic heterocycles. The van der Waals surface area contributed by atoms with E-state index in [0.717, 1.165) is 12.8 Å². The van der Waals surface area contributed by atoms with Gasteiger partial charge in [0.2, 0.25) is 5.91 Å². The zero-order valence-corrected chi connectivity index (χ0v) is 16.0. The van der Waals surface area contributed by atoms with Gasteiger partial charge in [0.1, 0.15) is 0 Å². The number of ketones is 1. The zero-order chi connectivity index (χ0) is 18.2. The van der Waals surface area contributed by atoms with E-state index in [1.807, 2.05) is 48.5 Å². The Balaban J connectivity index is 5.03. The van der Waals surface area contributed by atoms with E-state index >= 15 is 0 Å². The molecule has 1 amide bonds. The summed E-state index contributed by atoms with van der Waals surface area (Å²) in [4.78, 5) is 25.3. The first kappa shape index (κ1) is 22.1. The van der Waals surface area contributed by atoms with Crippen LogP contribution in [0.5, 0.6) is 0 Å². The fourth-order valence-corrected chi connectivity index (χ4v) is 2.48. The van der Waals surface area contributed by atoms with Gasteiger partial charge < -0.3 is 16.4 Å². The maximum Gasteiger partial charge on any atom is 0.237 e. The number of carbonyl (C=O) groups excluding carboxylic acids is 2. The third-order valence-corrected chi connectivity index (χ3v) is 3.78. The lowest BCUT2D eigenvalue weighted by molar-refractivity contribution is -0.133. The van der Waals surface area contributed by atoms with Crippen LogP contribution in [0, 0.1) is 11.3 Å². The first-order valence-corrected chi connectivity index (χ1v) is 8.81. The van der Waals surface area contributed by atoms with Crippen LogP contribution in [0.1, 0.15) is 67.7 Å². The minimum Gasteiger partial charge on any atom is -0.345 e. The molecular formula is C18H37N3O2. The van der Waals surface area contributed by atoms with Crippen molar-refractivity contribution in [2.24, 2.45) is 17.1 Å². The highest BCUT2D eigenvalue weighted by atomic mass is 16.2. The Morgan fingerprint density at radius 1 is 1.04 bits per heavy atom. The summed E-state index contributed by atoms with van der Waals surface area (Å²) in [5.74, 6) is 0.144. The molecule has 2 unspecified atom stereocenters. The lowest BCUT2D eigenvalue weighted by Crippen LogP contribution is -2.55. The van der Waals surface area contributed by atoms with Crippen molar-refractivity contribution in [1.29, 1.82) is 0 Å². The maximum atomic E-state index is 12.6. The van der Waals surface area contributed by atoms with Crippen molar-refractivity contribution in [3.8, 4) is 0 Å². The molecule has 0 aliphatic rings. The minimum absolute atomic E-state index is 0.0786. The van der Waals surface area contributed by atoms with Crippen molar-refractivity contribution < 1.29 is 9.59 Å². The molecule has 5 heteroatoms. The highest BCUT2D eigenvalue weighted by molar-refractivity contribution is 5.93. The molecule has 0 aromatic rings. The Bertz CT molecular complexity index is 373. The number of hydrogen-bond acceptors (Lipinski definition) is 4. The number of carbonyl (C=O) groups is 2. The molecule has 0 heterocycles. The standard InChI is InChI=1S/C18H37N3O2/c1-12(2)15(20-13(3)4)17(23)21-14(10-8-9-11-19)16(22)18(5,6)7/h12-15,20H,8-11,19H2,1-7H3,(H,21,23). The van der Waals surface area contributed by atoms with E-state index in [1.54, 1.807) is 0 Å². The monoisotopic (exact) mass is 327 g/mol. The van der Waals surface area contributed by atoms with Crippen molar-refractivity contribution in [3.63, 3.8) is 0 Å². The van der Waals surface area contributed by atoms with Crippen molar-refractivity contribution in [2.75, 3.05) is 6.54 Å². The summed E-state index contributed by atoms with van der Waals surface area (Å²) in [6.45, 7) is 14.3. The predicted molar refractivity (Wildman–Crippen MR) is 96.2 cm³/mol. The van der Waals surface area contributed by atoms with Crippen LogP contribution < -0.4 is 16.4 Å². The van der Waals surface area contributed by atoms with Crippen molar-refractivity contribution >= 4 is 11.7 Å². The van der Waals surface area contributed by atoms with E-state index in [1.165, 1.54) is 0 Å². The van der Waals surface area contributed by atoms with Crippen LogP contribution >= 0.6 is 0 Å². The smallest absolute Gasteiger partial charge is 0.237 e. The molecule has 5 nitrogen and oxygen atoms in total. The number of nitrogens with one attached hydrogen (secondary N) is 2. The topological polar surface area (TPSA) is 84.2 Å². The largest absolute Gasteiger partial charge is 0.345 e. The van der Waals surface area contributed by atoms with Crippen LogP contribution in [0.4, 0.5) is 0 Å². The van der Waals surface area contributed by atoms with Crippen LogP contribution in [-0.2, 0) is 9.59 Å². The summed E-state index contributed by atoms with van der Waals surface area (Å²) in [6, 6.07) is -0.522. The number of hydrogen-bond donors (Lipinski definition) is 3. The number of amides is 1. The summed E-state index contributed by atoms with van der Waals surface area (Å²) in [6.07, 6.45) is 2.35. The SMILES string of the molecule is CC(C)NC(C(=O)NC(CCCCN)C(=O)C(C)(C)C)C(C)C. The first-order valence-electron chi connectivity index (χ1n) is 8.81. The molecule has 0 bridgehead atoms. The van der Waals surface area contributed by atoms with Crippen molar-refractivity contribution in [3.05, 3.63) is 0 Å². The van der Waals surface area contributed by atoms with Crippen molar-refractivity contribution in [2.45, 2.75) is 85.9 Å². The molecule has 0 aliphatic carbocycles. The van der Waals surface area contributed by atoms with Crippen LogP contribution in [0.2, 0.25) is 0 Å². The summed E-state index contributed by atoms with van der Waals surface area (Å²) in [5, 5.41) is 6.26. The molecule has 23 heavy (non-hydrogen) atoms. The van der Waals surface area contributed by atoms with Gasteiger partial charge in [-0.2, -0.15) is 0 Å². The molecule has 0 aliphatic heterocycles. The molecule has 0 spiro atoms. The summed E-state index contributed by atoms with van der Waals surface area (Å²) in [5.41, 5.74) is 5.07. The Hall–Kier alpha value is -0.940. The number of unbranched alkanes of at least 4 members (excludes halogenated alkanes) is 1. The van der Waals surface area contributed by atoms with E-state index in [2.05, 4.69) is 10.6 Å². The molecule has 136 valence electrons. The van der Waals surface area contributed by atoms with Crippen LogP contribution in [0.25, 0.3) is 0 Å². The Morgan fingerprint density at radius 3 is 2.00 bits per heavy atom. The molecule has 0 saturated carbocycles. The van der Waals surface area contributed by atoms with E-state index in [0.29, 0.717) is 13.0 Å². The van der Waals surface area contributed by atoms with Gasteiger partial charge in [-0.25, -0.2) is 0 Å². The van der Waals surface area contributed by atoms with Gasteiger partial charge in [0.15, 0.2) is 5.78 Å².